The molecule has 3 aromatic rings. The van der Waals surface area contributed by atoms with Gasteiger partial charge in [-0.15, -0.1) is 5.10 Å². The van der Waals surface area contributed by atoms with Crippen LogP contribution in [0.3, 0.4) is 0 Å². The molecule has 0 amide bonds. The fraction of sp³-hybridized carbons (Fsp3) is 0.250. The molecule has 134 valence electrons. The molecule has 6 nitrogen and oxygen atoms in total. The molecule has 0 radical (unpaired) electrons. The van der Waals surface area contributed by atoms with Gasteiger partial charge in [-0.2, -0.15) is 10.1 Å². The number of ether oxygens (including phenoxy) is 1. The Balaban J connectivity index is 1.80. The lowest BCUT2D eigenvalue weighted by atomic mass is 10.1. The Kier molecular flexibility index (Phi) is 5.31. The van der Waals surface area contributed by atoms with Gasteiger partial charge in [0.25, 0.3) is 0 Å². The number of aryl methyl sites for hydroxylation is 2. The highest BCUT2D eigenvalue weighted by atomic mass is 16.5. The SMILES string of the molecule is Cc1ccc(Nc2cnnc(Nc3ccccc3OC(C)C)n2)c(C)c1. The number of nitrogens with one attached hydrogen (secondary N) is 2. The maximum absolute atomic E-state index is 5.82. The van der Waals surface area contributed by atoms with Gasteiger partial charge in [0.15, 0.2) is 5.82 Å². The number of benzene rings is 2. The molecular formula is C20H23N5O. The zero-order valence-electron chi connectivity index (χ0n) is 15.4. The van der Waals surface area contributed by atoms with Crippen LogP contribution in [0.4, 0.5) is 23.1 Å². The van der Waals surface area contributed by atoms with Crippen molar-refractivity contribution in [2.24, 2.45) is 0 Å². The molecule has 0 fully saturated rings. The topological polar surface area (TPSA) is 72.0 Å². The molecule has 2 N–H and O–H groups in total. The van der Waals surface area contributed by atoms with Crippen LogP contribution >= 0.6 is 0 Å². The number of aromatic nitrogens is 3. The van der Waals surface area contributed by atoms with Gasteiger partial charge in [-0.05, 0) is 51.5 Å². The van der Waals surface area contributed by atoms with Crippen molar-refractivity contribution in [2.75, 3.05) is 10.6 Å². The summed E-state index contributed by atoms with van der Waals surface area (Å²) in [4.78, 5) is 4.50. The van der Waals surface area contributed by atoms with Crippen molar-refractivity contribution in [3.8, 4) is 5.75 Å². The third-order valence-corrected chi connectivity index (χ3v) is 3.70. The molecule has 26 heavy (non-hydrogen) atoms. The van der Waals surface area contributed by atoms with Crippen molar-refractivity contribution < 1.29 is 4.74 Å². The van der Waals surface area contributed by atoms with E-state index in [-0.39, 0.29) is 6.10 Å². The normalized spacial score (nSPS) is 10.7. The highest BCUT2D eigenvalue weighted by Gasteiger charge is 2.08. The average Bonchev–Trinajstić information content (AvgIpc) is 2.59. The highest BCUT2D eigenvalue weighted by Crippen LogP contribution is 2.27. The molecule has 0 saturated carbocycles. The third-order valence-electron chi connectivity index (χ3n) is 3.70. The summed E-state index contributed by atoms with van der Waals surface area (Å²) in [5.74, 6) is 1.77. The second kappa shape index (κ2) is 7.82. The van der Waals surface area contributed by atoms with Crippen LogP contribution in [0.1, 0.15) is 25.0 Å². The molecule has 0 bridgehead atoms. The van der Waals surface area contributed by atoms with Crippen LogP contribution in [-0.2, 0) is 0 Å². The zero-order chi connectivity index (χ0) is 18.5. The molecule has 0 unspecified atom stereocenters. The van der Waals surface area contributed by atoms with Crippen molar-refractivity contribution >= 4 is 23.1 Å². The minimum Gasteiger partial charge on any atom is -0.489 e. The third kappa shape index (κ3) is 4.47. The summed E-state index contributed by atoms with van der Waals surface area (Å²) in [6.45, 7) is 8.11. The molecule has 0 atom stereocenters. The highest BCUT2D eigenvalue weighted by molar-refractivity contribution is 5.64. The van der Waals surface area contributed by atoms with E-state index in [2.05, 4.69) is 51.8 Å². The Bertz CT molecular complexity index is 895. The summed E-state index contributed by atoms with van der Waals surface area (Å²) >= 11 is 0. The fourth-order valence-electron chi connectivity index (χ4n) is 2.56. The number of hydrogen-bond acceptors (Lipinski definition) is 6. The minimum atomic E-state index is 0.0782. The molecule has 1 aromatic heterocycles. The van der Waals surface area contributed by atoms with Crippen LogP contribution in [0.25, 0.3) is 0 Å². The predicted octanol–water partition coefficient (Wildman–Crippen LogP) is 4.76. The Morgan fingerprint density at radius 3 is 2.54 bits per heavy atom. The van der Waals surface area contributed by atoms with Gasteiger partial charge in [-0.25, -0.2) is 0 Å². The van der Waals surface area contributed by atoms with Gasteiger partial charge >= 0.3 is 0 Å². The van der Waals surface area contributed by atoms with Crippen molar-refractivity contribution in [3.63, 3.8) is 0 Å². The van der Waals surface area contributed by atoms with Crippen LogP contribution in [0, 0.1) is 13.8 Å². The molecule has 1 heterocycles. The molecule has 3 rings (SSSR count). The summed E-state index contributed by atoms with van der Waals surface area (Å²) in [6, 6.07) is 13.9. The van der Waals surface area contributed by atoms with E-state index in [1.165, 1.54) is 5.56 Å². The molecule has 0 spiro atoms. The first kappa shape index (κ1) is 17.7. The summed E-state index contributed by atoms with van der Waals surface area (Å²) in [7, 11) is 0. The number of anilines is 4. The van der Waals surface area contributed by atoms with E-state index in [1.807, 2.05) is 44.2 Å². The lowest BCUT2D eigenvalue weighted by Crippen LogP contribution is -2.08. The van der Waals surface area contributed by atoms with Gasteiger partial charge in [0, 0.05) is 5.69 Å². The van der Waals surface area contributed by atoms with E-state index in [0.29, 0.717) is 11.8 Å². The molecule has 0 aliphatic rings. The molecular weight excluding hydrogens is 326 g/mol. The fourth-order valence-corrected chi connectivity index (χ4v) is 2.56. The van der Waals surface area contributed by atoms with Gasteiger partial charge in [-0.1, -0.05) is 29.8 Å². The van der Waals surface area contributed by atoms with Gasteiger partial charge in [-0.3, -0.25) is 0 Å². The summed E-state index contributed by atoms with van der Waals surface area (Å²) < 4.78 is 5.82. The Hall–Kier alpha value is -3.15. The molecule has 6 heteroatoms. The van der Waals surface area contributed by atoms with Crippen molar-refractivity contribution in [1.82, 2.24) is 15.2 Å². The first-order valence-corrected chi connectivity index (χ1v) is 8.58. The van der Waals surface area contributed by atoms with E-state index >= 15 is 0 Å². The van der Waals surface area contributed by atoms with E-state index in [9.17, 15) is 0 Å². The van der Waals surface area contributed by atoms with Crippen molar-refractivity contribution in [1.29, 1.82) is 0 Å². The number of rotatable bonds is 6. The molecule has 0 saturated heterocycles. The first-order chi connectivity index (χ1) is 12.5. The Labute approximate surface area is 153 Å². The van der Waals surface area contributed by atoms with E-state index < -0.39 is 0 Å². The van der Waals surface area contributed by atoms with Crippen LogP contribution in [0.5, 0.6) is 5.75 Å². The zero-order valence-corrected chi connectivity index (χ0v) is 15.4. The van der Waals surface area contributed by atoms with Crippen LogP contribution in [0.2, 0.25) is 0 Å². The summed E-state index contributed by atoms with van der Waals surface area (Å²) in [5.41, 5.74) is 4.16. The van der Waals surface area contributed by atoms with Gasteiger partial charge in [0.05, 0.1) is 18.0 Å². The lowest BCUT2D eigenvalue weighted by molar-refractivity contribution is 0.244. The standard InChI is InChI=1S/C20H23N5O/c1-13(2)26-18-8-6-5-7-17(18)23-20-24-19(12-21-25-20)22-16-10-9-14(3)11-15(16)4/h5-13H,1-4H3,(H2,22,23,24,25). The second-order valence-corrected chi connectivity index (χ2v) is 6.40. The average molecular weight is 349 g/mol. The Morgan fingerprint density at radius 2 is 1.77 bits per heavy atom. The van der Waals surface area contributed by atoms with Crippen molar-refractivity contribution in [2.45, 2.75) is 33.8 Å². The first-order valence-electron chi connectivity index (χ1n) is 8.58. The largest absolute Gasteiger partial charge is 0.489 e. The van der Waals surface area contributed by atoms with Crippen LogP contribution < -0.4 is 15.4 Å². The van der Waals surface area contributed by atoms with E-state index in [4.69, 9.17) is 4.74 Å². The number of nitrogens with zero attached hydrogens (tertiary/aromatic N) is 3. The number of para-hydroxylation sites is 2. The summed E-state index contributed by atoms with van der Waals surface area (Å²) in [6.07, 6.45) is 1.68. The summed E-state index contributed by atoms with van der Waals surface area (Å²) in [5, 5.41) is 14.6. The second-order valence-electron chi connectivity index (χ2n) is 6.40. The predicted molar refractivity (Wildman–Crippen MR) is 105 cm³/mol. The van der Waals surface area contributed by atoms with Gasteiger partial charge < -0.3 is 15.4 Å². The maximum atomic E-state index is 5.82. The minimum absolute atomic E-state index is 0.0782. The molecule has 0 aliphatic heterocycles. The molecule has 2 aromatic carbocycles. The van der Waals surface area contributed by atoms with Gasteiger partial charge in [0.1, 0.15) is 5.75 Å². The monoisotopic (exact) mass is 349 g/mol. The quantitative estimate of drug-likeness (QED) is 0.668. The van der Waals surface area contributed by atoms with E-state index in [1.54, 1.807) is 6.20 Å². The lowest BCUT2D eigenvalue weighted by Gasteiger charge is -2.15. The van der Waals surface area contributed by atoms with Crippen LogP contribution in [0.15, 0.2) is 48.7 Å². The molecule has 0 aliphatic carbocycles. The van der Waals surface area contributed by atoms with Crippen molar-refractivity contribution in [3.05, 3.63) is 59.8 Å². The smallest absolute Gasteiger partial charge is 0.249 e. The van der Waals surface area contributed by atoms with E-state index in [0.717, 1.165) is 22.7 Å². The van der Waals surface area contributed by atoms with Crippen LogP contribution in [-0.4, -0.2) is 21.3 Å². The maximum Gasteiger partial charge on any atom is 0.249 e. The number of hydrogen-bond donors (Lipinski definition) is 2. The van der Waals surface area contributed by atoms with Gasteiger partial charge in [0.2, 0.25) is 5.95 Å². The Morgan fingerprint density at radius 1 is 0.962 bits per heavy atom.